The van der Waals surface area contributed by atoms with E-state index >= 15 is 0 Å². The van der Waals surface area contributed by atoms with Gasteiger partial charge >= 0.3 is 12.2 Å². The van der Waals surface area contributed by atoms with Crippen molar-refractivity contribution in [2.75, 3.05) is 0 Å². The Morgan fingerprint density at radius 3 is 1.25 bits per heavy atom. The molecule has 0 saturated carbocycles. The number of allylic oxidation sites excluding steroid dienone is 1. The Balaban J connectivity index is 0.000000241. The molecule has 338 valence electrons. The van der Waals surface area contributed by atoms with Crippen LogP contribution in [0.25, 0.3) is 28.3 Å². The third-order valence-electron chi connectivity index (χ3n) is 8.85. The van der Waals surface area contributed by atoms with E-state index in [4.69, 9.17) is 0 Å². The molecule has 0 spiro atoms. The number of hydrogen-bond donors (Lipinski definition) is 0. The highest BCUT2D eigenvalue weighted by Crippen LogP contribution is 2.41. The molecule has 0 fully saturated rings. The number of rotatable bonds is 11. The van der Waals surface area contributed by atoms with Crippen LogP contribution in [-0.2, 0) is 18.6 Å². The van der Waals surface area contributed by atoms with E-state index in [1.165, 1.54) is 13.0 Å². The number of benzene rings is 6. The van der Waals surface area contributed by atoms with E-state index in [-0.39, 0.29) is 26.5 Å². The highest BCUT2D eigenvalue weighted by molar-refractivity contribution is 9.10. The maximum Gasteiger partial charge on any atom is 0.432 e. The lowest BCUT2D eigenvalue weighted by Gasteiger charge is -2.21. The van der Waals surface area contributed by atoms with Crippen molar-refractivity contribution >= 4 is 37.9 Å². The van der Waals surface area contributed by atoms with Gasteiger partial charge < -0.3 is 9.47 Å². The maximum atomic E-state index is 14.6. The summed E-state index contributed by atoms with van der Waals surface area (Å²) in [6.45, 7) is 3.17. The Morgan fingerprint density at radius 2 is 0.875 bits per heavy atom. The van der Waals surface area contributed by atoms with Crippen LogP contribution in [0.1, 0.15) is 42.5 Å². The monoisotopic (exact) mass is 1050 g/mol. The molecule has 0 aromatic heterocycles. The first-order chi connectivity index (χ1) is 29.9. The van der Waals surface area contributed by atoms with E-state index in [9.17, 15) is 70.2 Å². The Labute approximate surface area is 369 Å². The fourth-order valence-electron chi connectivity index (χ4n) is 5.98. The van der Waals surface area contributed by atoms with Crippen LogP contribution in [0.2, 0.25) is 0 Å². The maximum absolute atomic E-state index is 14.6. The highest BCUT2D eigenvalue weighted by atomic mass is 79.9. The van der Waals surface area contributed by atoms with Gasteiger partial charge in [0.2, 0.25) is 0 Å². The standard InChI is InChI=1S/C22H13BrF8O.C22H11BrF8O/c2*1-2-3-13-14(23)9-16(25)19(20(13)28)22(30,31)32-11-4-5-12(15(24)8-11)10-6-17(26)21(29)18(27)7-10/h4-9H,2-3H2,1H3;2-9H,1H3/b;3-2-. The molecule has 0 aliphatic heterocycles. The first-order valence-corrected chi connectivity index (χ1v) is 19.5. The quantitative estimate of drug-likeness (QED) is 0.0951. The third kappa shape index (κ3) is 10.5. The first-order valence-electron chi connectivity index (χ1n) is 17.9. The van der Waals surface area contributed by atoms with Crippen molar-refractivity contribution in [3.05, 3.63) is 180 Å². The van der Waals surface area contributed by atoms with E-state index in [2.05, 4.69) is 41.3 Å². The van der Waals surface area contributed by atoms with Crippen LogP contribution in [0.5, 0.6) is 11.5 Å². The van der Waals surface area contributed by atoms with Gasteiger partial charge in [0.05, 0.1) is 0 Å². The Bertz CT molecular complexity index is 2730. The molecule has 6 aromatic rings. The number of ether oxygens (including phenoxy) is 2. The molecular weight excluding hydrogens is 1020 g/mol. The summed E-state index contributed by atoms with van der Waals surface area (Å²) in [7, 11) is 0. The second kappa shape index (κ2) is 19.7. The van der Waals surface area contributed by atoms with Crippen LogP contribution >= 0.6 is 31.9 Å². The van der Waals surface area contributed by atoms with Crippen LogP contribution in [0.15, 0.2) is 87.8 Å². The van der Waals surface area contributed by atoms with Crippen molar-refractivity contribution < 1.29 is 79.7 Å². The summed E-state index contributed by atoms with van der Waals surface area (Å²) in [5.74, 6) is -20.2. The fraction of sp³-hybridized carbons (Fsp3) is 0.136. The minimum Gasteiger partial charge on any atom is -0.429 e. The van der Waals surface area contributed by atoms with Crippen molar-refractivity contribution in [2.45, 2.75) is 38.9 Å². The van der Waals surface area contributed by atoms with Gasteiger partial charge in [-0.3, -0.25) is 0 Å². The average molecular weight is 1050 g/mol. The average Bonchev–Trinajstić information content (AvgIpc) is 3.18. The summed E-state index contributed by atoms with van der Waals surface area (Å²) in [6.07, 6.45) is -6.15. The summed E-state index contributed by atoms with van der Waals surface area (Å²) >= 11 is 5.81. The van der Waals surface area contributed by atoms with Gasteiger partial charge in [-0.25, -0.2) is 52.7 Å². The minimum atomic E-state index is -4.55. The normalized spacial score (nSPS) is 11.8. The van der Waals surface area contributed by atoms with E-state index in [1.807, 2.05) is 0 Å². The summed E-state index contributed by atoms with van der Waals surface area (Å²) < 4.78 is 233. The van der Waals surface area contributed by atoms with Crippen molar-refractivity contribution in [3.8, 4) is 33.8 Å². The number of halogens is 18. The Kier molecular flexibility index (Phi) is 15.2. The molecule has 0 aliphatic carbocycles. The Hall–Kier alpha value is -5.50. The first kappa shape index (κ1) is 49.5. The van der Waals surface area contributed by atoms with Crippen molar-refractivity contribution in [1.82, 2.24) is 0 Å². The van der Waals surface area contributed by atoms with Gasteiger partial charge in [-0.15, -0.1) is 0 Å². The molecule has 0 heterocycles. The predicted octanol–water partition coefficient (Wildman–Crippen LogP) is 16.1. The predicted molar refractivity (Wildman–Crippen MR) is 209 cm³/mol. The molecule has 0 bridgehead atoms. The molecule has 2 nitrogen and oxygen atoms in total. The SMILES string of the molecule is C/C=C\c1c(Br)cc(F)c(C(F)(F)Oc2ccc(-c3cc(F)c(F)c(F)c3)c(F)c2)c1F.CCCc1c(Br)cc(F)c(C(F)(F)Oc2ccc(-c3cc(F)c(F)c(F)c3)c(F)c2)c1F. The van der Waals surface area contributed by atoms with Crippen LogP contribution in [0, 0.1) is 69.8 Å². The van der Waals surface area contributed by atoms with Gasteiger partial charge in [0.15, 0.2) is 34.9 Å². The van der Waals surface area contributed by atoms with Crippen LogP contribution < -0.4 is 9.47 Å². The zero-order chi connectivity index (χ0) is 47.6. The van der Waals surface area contributed by atoms with E-state index in [0.717, 1.165) is 30.3 Å². The second-order valence-electron chi connectivity index (χ2n) is 13.2. The van der Waals surface area contributed by atoms with Crippen molar-refractivity contribution in [1.29, 1.82) is 0 Å². The summed E-state index contributed by atoms with van der Waals surface area (Å²) in [4.78, 5) is 0. The van der Waals surface area contributed by atoms with Crippen LogP contribution in [0.4, 0.5) is 70.2 Å². The zero-order valence-corrected chi connectivity index (χ0v) is 35.3. The van der Waals surface area contributed by atoms with Gasteiger partial charge in [-0.2, -0.15) is 17.6 Å². The molecule has 64 heavy (non-hydrogen) atoms. The topological polar surface area (TPSA) is 18.5 Å². The molecule has 0 saturated heterocycles. The van der Waals surface area contributed by atoms with E-state index in [1.54, 1.807) is 6.92 Å². The van der Waals surface area contributed by atoms with Crippen LogP contribution in [-0.4, -0.2) is 0 Å². The molecule has 0 aliphatic rings. The fourth-order valence-corrected chi connectivity index (χ4v) is 7.06. The van der Waals surface area contributed by atoms with E-state index in [0.29, 0.717) is 55.0 Å². The lowest BCUT2D eigenvalue weighted by molar-refractivity contribution is -0.190. The minimum absolute atomic E-state index is 0.0249. The largest absolute Gasteiger partial charge is 0.432 e. The van der Waals surface area contributed by atoms with Crippen molar-refractivity contribution in [3.63, 3.8) is 0 Å². The molecule has 0 unspecified atom stereocenters. The number of hydrogen-bond acceptors (Lipinski definition) is 2. The summed E-state index contributed by atoms with van der Waals surface area (Å²) in [5.41, 5.74) is -5.55. The molecule has 0 amide bonds. The van der Waals surface area contributed by atoms with Crippen molar-refractivity contribution in [2.24, 2.45) is 0 Å². The van der Waals surface area contributed by atoms with Crippen LogP contribution in [0.3, 0.4) is 0 Å². The van der Waals surface area contributed by atoms with Gasteiger partial charge in [0, 0.05) is 43.3 Å². The molecule has 20 heteroatoms. The Morgan fingerprint density at radius 1 is 0.484 bits per heavy atom. The van der Waals surface area contributed by atoms with Gasteiger partial charge in [-0.05, 0) is 101 Å². The highest BCUT2D eigenvalue weighted by Gasteiger charge is 2.43. The third-order valence-corrected chi connectivity index (χ3v) is 10.2. The second-order valence-corrected chi connectivity index (χ2v) is 14.9. The summed E-state index contributed by atoms with van der Waals surface area (Å²) in [5, 5.41) is 0. The van der Waals surface area contributed by atoms with E-state index < -0.39 is 127 Å². The van der Waals surface area contributed by atoms with Gasteiger partial charge in [-0.1, -0.05) is 41.4 Å². The molecule has 0 atom stereocenters. The molecule has 6 aromatic carbocycles. The summed E-state index contributed by atoms with van der Waals surface area (Å²) in [6, 6.07) is 7.57. The zero-order valence-electron chi connectivity index (χ0n) is 32.1. The molecule has 6 rings (SSSR count). The van der Waals surface area contributed by atoms with Gasteiger partial charge in [0.25, 0.3) is 0 Å². The molecule has 0 N–H and O–H groups in total. The number of alkyl halides is 4. The van der Waals surface area contributed by atoms with Gasteiger partial charge in [0.1, 0.15) is 57.5 Å². The smallest absolute Gasteiger partial charge is 0.429 e. The molecular formula is C44H24Br2F16O2. The lowest BCUT2D eigenvalue weighted by atomic mass is 10.0. The lowest BCUT2D eigenvalue weighted by Crippen LogP contribution is -2.26. The molecule has 0 radical (unpaired) electrons.